The average Bonchev–Trinajstić information content (AvgIpc) is 2.75. The lowest BCUT2D eigenvalue weighted by molar-refractivity contribution is -0.174. The molecule has 0 aromatic heterocycles. The van der Waals surface area contributed by atoms with E-state index in [1.807, 2.05) is 11.9 Å². The fourth-order valence-corrected chi connectivity index (χ4v) is 5.31. The highest BCUT2D eigenvalue weighted by Gasteiger charge is 2.69. The first-order chi connectivity index (χ1) is 9.58. The minimum absolute atomic E-state index is 0.0218. The van der Waals surface area contributed by atoms with E-state index >= 15 is 0 Å². The molecule has 3 rings (SSSR count). The first kappa shape index (κ1) is 15.0. The number of carboxylic acids is 1. The van der Waals surface area contributed by atoms with Crippen LogP contribution in [0.5, 0.6) is 0 Å². The molecular formula is C16H26N2O3. The molecule has 21 heavy (non-hydrogen) atoms. The summed E-state index contributed by atoms with van der Waals surface area (Å²) in [5.41, 5.74) is 6.05. The van der Waals surface area contributed by atoms with Gasteiger partial charge in [-0.3, -0.25) is 4.90 Å². The van der Waals surface area contributed by atoms with Gasteiger partial charge in [-0.1, -0.05) is 13.8 Å². The first-order valence-electron chi connectivity index (χ1n) is 7.72. The van der Waals surface area contributed by atoms with Crippen LogP contribution in [0.2, 0.25) is 0 Å². The molecule has 2 bridgehead atoms. The van der Waals surface area contributed by atoms with E-state index in [0.29, 0.717) is 18.4 Å². The van der Waals surface area contributed by atoms with Gasteiger partial charge in [-0.25, -0.2) is 4.79 Å². The van der Waals surface area contributed by atoms with Crippen LogP contribution in [0.15, 0.2) is 11.1 Å². The Kier molecular flexibility index (Phi) is 2.92. The monoisotopic (exact) mass is 294 g/mol. The van der Waals surface area contributed by atoms with Crippen LogP contribution in [0.3, 0.4) is 0 Å². The highest BCUT2D eigenvalue weighted by atomic mass is 16.4. The smallest absolute Gasteiger partial charge is 0.331 e. The number of hydrogen-bond acceptors (Lipinski definition) is 4. The highest BCUT2D eigenvalue weighted by Crippen LogP contribution is 2.67. The Morgan fingerprint density at radius 3 is 2.57 bits per heavy atom. The third-order valence-electron chi connectivity index (χ3n) is 7.15. The Bertz CT molecular complexity index is 544. The van der Waals surface area contributed by atoms with E-state index in [1.165, 1.54) is 0 Å². The van der Waals surface area contributed by atoms with Gasteiger partial charge in [-0.2, -0.15) is 0 Å². The van der Waals surface area contributed by atoms with Crippen molar-refractivity contribution in [3.05, 3.63) is 11.1 Å². The van der Waals surface area contributed by atoms with Crippen molar-refractivity contribution >= 4 is 5.97 Å². The Morgan fingerprint density at radius 2 is 2.00 bits per heavy atom. The summed E-state index contributed by atoms with van der Waals surface area (Å²) in [5, 5.41) is 20.6. The van der Waals surface area contributed by atoms with Gasteiger partial charge >= 0.3 is 5.97 Å². The van der Waals surface area contributed by atoms with Crippen LogP contribution < -0.4 is 5.73 Å². The second kappa shape index (κ2) is 4.09. The Balaban J connectivity index is 2.17. The molecule has 3 fully saturated rings. The van der Waals surface area contributed by atoms with Crippen molar-refractivity contribution in [3.63, 3.8) is 0 Å². The molecule has 5 atom stereocenters. The summed E-state index contributed by atoms with van der Waals surface area (Å²) in [5.74, 6) is -0.941. The minimum Gasteiger partial charge on any atom is -0.478 e. The number of nitrogens with zero attached hydrogens (tertiary/aromatic N) is 1. The summed E-state index contributed by atoms with van der Waals surface area (Å²) in [4.78, 5) is 13.4. The van der Waals surface area contributed by atoms with Crippen molar-refractivity contribution in [2.75, 3.05) is 7.05 Å². The molecule has 1 unspecified atom stereocenters. The van der Waals surface area contributed by atoms with Gasteiger partial charge in [0.25, 0.3) is 0 Å². The van der Waals surface area contributed by atoms with Crippen LogP contribution in [0.1, 0.15) is 46.5 Å². The fourth-order valence-electron chi connectivity index (χ4n) is 5.31. The number of rotatable bonds is 1. The molecule has 0 aromatic rings. The number of aliphatic hydroxyl groups is 1. The number of fused-ring (bicyclic) bond motifs is 4. The third kappa shape index (κ3) is 1.54. The van der Waals surface area contributed by atoms with Gasteiger partial charge in [0.15, 0.2) is 0 Å². The zero-order chi connectivity index (χ0) is 15.8. The van der Waals surface area contributed by atoms with Crippen molar-refractivity contribution in [2.45, 2.75) is 64.3 Å². The standard InChI is InChI=1S/C16H26N2O3/c1-9(13(19)20)10-7-12-14(2)6-5-11(17)15(14,3)8-16(10,21)18(12)4/h11-12,21H,5-8,17H2,1-4H3,(H,19,20)/b10-9-/t11-,12?,14-,15-,16-/m1/s1. The molecule has 0 amide bonds. The lowest BCUT2D eigenvalue weighted by Gasteiger charge is -2.57. The summed E-state index contributed by atoms with van der Waals surface area (Å²) in [6.45, 7) is 6.04. The number of carbonyl (C=O) groups is 1. The number of nitrogens with two attached hydrogens (primary N) is 1. The van der Waals surface area contributed by atoms with Crippen LogP contribution in [-0.4, -0.2) is 45.9 Å². The molecule has 0 aromatic carbocycles. The zero-order valence-corrected chi connectivity index (χ0v) is 13.3. The van der Waals surface area contributed by atoms with Crippen molar-refractivity contribution in [3.8, 4) is 0 Å². The van der Waals surface area contributed by atoms with Crippen LogP contribution in [0.25, 0.3) is 0 Å². The second-order valence-corrected chi connectivity index (χ2v) is 7.71. The summed E-state index contributed by atoms with van der Waals surface area (Å²) < 4.78 is 0. The minimum atomic E-state index is -1.16. The van der Waals surface area contributed by atoms with Crippen LogP contribution in [0, 0.1) is 10.8 Å². The maximum atomic E-state index is 11.4. The molecule has 1 aliphatic carbocycles. The van der Waals surface area contributed by atoms with Gasteiger partial charge in [0, 0.05) is 24.1 Å². The van der Waals surface area contributed by atoms with E-state index in [0.717, 1.165) is 12.8 Å². The molecule has 1 saturated carbocycles. The largest absolute Gasteiger partial charge is 0.478 e. The maximum absolute atomic E-state index is 11.4. The number of aliphatic carboxylic acids is 1. The van der Waals surface area contributed by atoms with Gasteiger partial charge in [0.2, 0.25) is 0 Å². The predicted octanol–water partition coefficient (Wildman–Crippen LogP) is 1.32. The Labute approximate surface area is 125 Å². The number of likely N-dealkylation sites (N-methyl/N-ethyl adjacent to an activating group) is 1. The normalized spacial score (nSPS) is 51.9. The van der Waals surface area contributed by atoms with E-state index < -0.39 is 11.7 Å². The molecule has 5 nitrogen and oxygen atoms in total. The van der Waals surface area contributed by atoms with Crippen molar-refractivity contribution in [2.24, 2.45) is 16.6 Å². The molecule has 2 saturated heterocycles. The Morgan fingerprint density at radius 1 is 1.38 bits per heavy atom. The molecule has 3 aliphatic rings. The molecular weight excluding hydrogens is 268 g/mol. The molecule has 2 heterocycles. The van der Waals surface area contributed by atoms with Gasteiger partial charge in [-0.15, -0.1) is 0 Å². The topological polar surface area (TPSA) is 86.8 Å². The van der Waals surface area contributed by atoms with Gasteiger partial charge in [0.05, 0.1) is 0 Å². The number of piperidine rings is 1. The Hall–Kier alpha value is -0.910. The van der Waals surface area contributed by atoms with E-state index in [1.54, 1.807) is 6.92 Å². The number of carboxylic acid groups (broad SMARTS) is 1. The number of hydrogen-bond donors (Lipinski definition) is 3. The van der Waals surface area contributed by atoms with Crippen molar-refractivity contribution in [1.29, 1.82) is 0 Å². The van der Waals surface area contributed by atoms with Crippen molar-refractivity contribution < 1.29 is 15.0 Å². The average molecular weight is 294 g/mol. The van der Waals surface area contributed by atoms with E-state index in [2.05, 4.69) is 13.8 Å². The maximum Gasteiger partial charge on any atom is 0.331 e. The second-order valence-electron chi connectivity index (χ2n) is 7.71. The van der Waals surface area contributed by atoms with Gasteiger partial charge in [0.1, 0.15) is 5.72 Å². The van der Waals surface area contributed by atoms with Crippen molar-refractivity contribution in [1.82, 2.24) is 4.90 Å². The van der Waals surface area contributed by atoms with Gasteiger partial charge < -0.3 is 15.9 Å². The van der Waals surface area contributed by atoms with Crippen LogP contribution in [0.4, 0.5) is 0 Å². The lowest BCUT2D eigenvalue weighted by Crippen LogP contribution is -2.64. The summed E-state index contributed by atoms with van der Waals surface area (Å²) in [6.07, 6.45) is 3.16. The molecule has 4 N–H and O–H groups in total. The van der Waals surface area contributed by atoms with Gasteiger partial charge in [-0.05, 0) is 49.6 Å². The third-order valence-corrected chi connectivity index (χ3v) is 7.15. The highest BCUT2D eigenvalue weighted by molar-refractivity contribution is 5.87. The van der Waals surface area contributed by atoms with Crippen LogP contribution >= 0.6 is 0 Å². The quantitative estimate of drug-likeness (QED) is 0.635. The first-order valence-corrected chi connectivity index (χ1v) is 7.72. The lowest BCUT2D eigenvalue weighted by atomic mass is 9.58. The van der Waals surface area contributed by atoms with E-state index in [4.69, 9.17) is 5.73 Å². The molecule has 2 aliphatic heterocycles. The molecule has 118 valence electrons. The fraction of sp³-hybridized carbons (Fsp3) is 0.812. The SMILES string of the molecule is C/C(C(=O)O)=C1\CC2N(C)[C@@]1(O)C[C@]1(C)[C@H](N)CC[C@]21C. The molecule has 0 radical (unpaired) electrons. The predicted molar refractivity (Wildman–Crippen MR) is 79.5 cm³/mol. The zero-order valence-electron chi connectivity index (χ0n) is 13.3. The van der Waals surface area contributed by atoms with E-state index in [-0.39, 0.29) is 28.5 Å². The summed E-state index contributed by atoms with van der Waals surface area (Å²) in [7, 11) is 1.92. The van der Waals surface area contributed by atoms with E-state index in [9.17, 15) is 15.0 Å². The van der Waals surface area contributed by atoms with Crippen LogP contribution in [-0.2, 0) is 4.79 Å². The summed E-state index contributed by atoms with van der Waals surface area (Å²) in [6, 6.07) is 0.216. The summed E-state index contributed by atoms with van der Waals surface area (Å²) >= 11 is 0. The molecule has 5 heteroatoms. The molecule has 0 spiro atoms.